The fourth-order valence-corrected chi connectivity index (χ4v) is 2.46. The summed E-state index contributed by atoms with van der Waals surface area (Å²) in [5, 5.41) is 9.25. The molecule has 0 amide bonds. The van der Waals surface area contributed by atoms with E-state index in [0.717, 1.165) is 16.8 Å². The summed E-state index contributed by atoms with van der Waals surface area (Å²) in [7, 11) is 0. The van der Waals surface area contributed by atoms with Crippen LogP contribution in [0.25, 0.3) is 11.1 Å². The molecule has 0 radical (unpaired) electrons. The van der Waals surface area contributed by atoms with Gasteiger partial charge in [-0.15, -0.1) is 0 Å². The predicted octanol–water partition coefficient (Wildman–Crippen LogP) is 2.47. The van der Waals surface area contributed by atoms with Crippen molar-refractivity contribution in [1.82, 2.24) is 14.5 Å². The fourth-order valence-electron chi connectivity index (χ4n) is 2.46. The van der Waals surface area contributed by atoms with Gasteiger partial charge in [0.25, 0.3) is 5.56 Å². The number of hydrogen-bond acceptors (Lipinski definition) is 3. The molecule has 108 valence electrons. The summed E-state index contributed by atoms with van der Waals surface area (Å²) in [5.74, 6) is 0. The highest BCUT2D eigenvalue weighted by Crippen LogP contribution is 2.23. The second kappa shape index (κ2) is 5.70. The van der Waals surface area contributed by atoms with Gasteiger partial charge in [-0.2, -0.15) is 5.26 Å². The second-order valence-electron chi connectivity index (χ2n) is 5.12. The molecule has 3 rings (SSSR count). The Morgan fingerprint density at radius 1 is 1.36 bits per heavy atom. The van der Waals surface area contributed by atoms with Gasteiger partial charge in [-0.3, -0.25) is 4.79 Å². The molecule has 0 aliphatic rings. The van der Waals surface area contributed by atoms with E-state index in [1.54, 1.807) is 19.4 Å². The number of hydrogen-bond donors (Lipinski definition) is 1. The maximum Gasteiger partial charge on any atom is 0.266 e. The quantitative estimate of drug-likeness (QED) is 0.805. The molecule has 1 N–H and O–H groups in total. The number of nitriles is 1. The highest BCUT2D eigenvalue weighted by Gasteiger charge is 2.10. The summed E-state index contributed by atoms with van der Waals surface area (Å²) in [6.45, 7) is 2.50. The van der Waals surface area contributed by atoms with Crippen LogP contribution in [0.1, 0.15) is 16.8 Å². The van der Waals surface area contributed by atoms with Crippen LogP contribution in [0.5, 0.6) is 0 Å². The number of benzene rings is 1. The van der Waals surface area contributed by atoms with Crippen molar-refractivity contribution >= 4 is 0 Å². The smallest absolute Gasteiger partial charge is 0.266 e. The average Bonchev–Trinajstić information content (AvgIpc) is 3.00. The number of aryl methyl sites for hydroxylation is 1. The number of rotatable bonds is 3. The first kappa shape index (κ1) is 13.8. The molecule has 0 spiro atoms. The lowest BCUT2D eigenvalue weighted by Crippen LogP contribution is -2.12. The van der Waals surface area contributed by atoms with Crippen LogP contribution in [0.15, 0.2) is 53.8 Å². The number of pyridine rings is 1. The zero-order valence-corrected chi connectivity index (χ0v) is 12.1. The lowest BCUT2D eigenvalue weighted by molar-refractivity contribution is 0.797. The molecule has 0 aliphatic heterocycles. The Bertz CT molecular complexity index is 901. The molecule has 3 aromatic rings. The van der Waals surface area contributed by atoms with E-state index in [0.29, 0.717) is 12.1 Å². The second-order valence-corrected chi connectivity index (χ2v) is 5.12. The first-order valence-electron chi connectivity index (χ1n) is 6.86. The third kappa shape index (κ3) is 2.67. The first-order valence-corrected chi connectivity index (χ1v) is 6.86. The van der Waals surface area contributed by atoms with Gasteiger partial charge in [-0.25, -0.2) is 4.98 Å². The van der Waals surface area contributed by atoms with Crippen molar-refractivity contribution < 1.29 is 0 Å². The minimum Gasteiger partial charge on any atom is -0.333 e. The largest absolute Gasteiger partial charge is 0.333 e. The van der Waals surface area contributed by atoms with Crippen LogP contribution in [0, 0.1) is 18.3 Å². The zero-order valence-electron chi connectivity index (χ0n) is 12.1. The van der Waals surface area contributed by atoms with Crippen LogP contribution in [-0.2, 0) is 6.54 Å². The summed E-state index contributed by atoms with van der Waals surface area (Å²) in [5.41, 5.74) is 3.14. The van der Waals surface area contributed by atoms with E-state index in [1.165, 1.54) is 0 Å². The molecule has 5 heteroatoms. The van der Waals surface area contributed by atoms with Crippen molar-refractivity contribution in [2.45, 2.75) is 13.5 Å². The van der Waals surface area contributed by atoms with Crippen molar-refractivity contribution in [3.05, 3.63) is 76.2 Å². The van der Waals surface area contributed by atoms with E-state index < -0.39 is 0 Å². The Balaban J connectivity index is 2.06. The number of imidazole rings is 1. The number of H-pyrrole nitrogens is 1. The van der Waals surface area contributed by atoms with Gasteiger partial charge in [-0.1, -0.05) is 18.2 Å². The lowest BCUT2D eigenvalue weighted by atomic mass is 9.99. The Labute approximate surface area is 127 Å². The van der Waals surface area contributed by atoms with Crippen molar-refractivity contribution in [1.29, 1.82) is 5.26 Å². The van der Waals surface area contributed by atoms with E-state index in [4.69, 9.17) is 0 Å². The normalized spacial score (nSPS) is 10.4. The molecule has 5 nitrogen and oxygen atoms in total. The van der Waals surface area contributed by atoms with Gasteiger partial charge in [0.15, 0.2) is 0 Å². The standard InChI is InChI=1S/C17H14N4O/c1-12-7-15(16(9-18)17(22)20-12)14-4-2-3-13(8-14)10-21-6-5-19-11-21/h2-8,11H,10H2,1H3,(H,20,22). The molecule has 0 unspecified atom stereocenters. The van der Waals surface area contributed by atoms with Gasteiger partial charge >= 0.3 is 0 Å². The number of nitrogens with one attached hydrogen (secondary N) is 1. The van der Waals surface area contributed by atoms with Crippen molar-refractivity contribution in [3.63, 3.8) is 0 Å². The van der Waals surface area contributed by atoms with E-state index in [-0.39, 0.29) is 11.1 Å². The van der Waals surface area contributed by atoms with Crippen molar-refractivity contribution in [3.8, 4) is 17.2 Å². The fraction of sp³-hybridized carbons (Fsp3) is 0.118. The zero-order chi connectivity index (χ0) is 15.5. The molecule has 0 aliphatic carbocycles. The Kier molecular flexibility index (Phi) is 3.58. The van der Waals surface area contributed by atoms with Crippen molar-refractivity contribution in [2.75, 3.05) is 0 Å². The Morgan fingerprint density at radius 3 is 2.95 bits per heavy atom. The summed E-state index contributed by atoms with van der Waals surface area (Å²) in [6.07, 6.45) is 5.38. The van der Waals surface area contributed by atoms with E-state index in [2.05, 4.69) is 9.97 Å². The van der Waals surface area contributed by atoms with E-state index >= 15 is 0 Å². The predicted molar refractivity (Wildman–Crippen MR) is 83.3 cm³/mol. The maximum atomic E-state index is 11.9. The topological polar surface area (TPSA) is 74.5 Å². The van der Waals surface area contributed by atoms with E-state index in [1.807, 2.05) is 47.2 Å². The van der Waals surface area contributed by atoms with Crippen LogP contribution >= 0.6 is 0 Å². The minimum absolute atomic E-state index is 0.144. The molecule has 0 saturated heterocycles. The highest BCUT2D eigenvalue weighted by molar-refractivity contribution is 5.70. The molecular weight excluding hydrogens is 276 g/mol. The highest BCUT2D eigenvalue weighted by atomic mass is 16.1. The molecule has 0 saturated carbocycles. The van der Waals surface area contributed by atoms with Gasteiger partial charge in [0.2, 0.25) is 0 Å². The van der Waals surface area contributed by atoms with Gasteiger partial charge in [0, 0.05) is 30.2 Å². The van der Waals surface area contributed by atoms with E-state index in [9.17, 15) is 10.1 Å². The molecule has 22 heavy (non-hydrogen) atoms. The van der Waals surface area contributed by atoms with Gasteiger partial charge < -0.3 is 9.55 Å². The SMILES string of the molecule is Cc1cc(-c2cccc(Cn3ccnc3)c2)c(C#N)c(=O)[nH]1. The Morgan fingerprint density at radius 2 is 2.23 bits per heavy atom. The monoisotopic (exact) mass is 290 g/mol. The van der Waals surface area contributed by atoms with Gasteiger partial charge in [0.05, 0.1) is 6.33 Å². The van der Waals surface area contributed by atoms with Gasteiger partial charge in [0.1, 0.15) is 11.6 Å². The Hall–Kier alpha value is -3.13. The third-order valence-electron chi connectivity index (χ3n) is 3.44. The van der Waals surface area contributed by atoms with Crippen LogP contribution in [0.3, 0.4) is 0 Å². The van der Waals surface area contributed by atoms with Gasteiger partial charge in [-0.05, 0) is 30.2 Å². The minimum atomic E-state index is -0.350. The molecule has 0 bridgehead atoms. The molecular formula is C17H14N4O. The molecule has 1 aromatic carbocycles. The number of aromatic nitrogens is 3. The first-order chi connectivity index (χ1) is 10.7. The molecule has 2 aromatic heterocycles. The summed E-state index contributed by atoms with van der Waals surface area (Å²) < 4.78 is 1.97. The van der Waals surface area contributed by atoms with Crippen LogP contribution in [-0.4, -0.2) is 14.5 Å². The maximum absolute atomic E-state index is 11.9. The molecule has 2 heterocycles. The summed E-state index contributed by atoms with van der Waals surface area (Å²) in [6, 6.07) is 11.7. The average molecular weight is 290 g/mol. The van der Waals surface area contributed by atoms with Crippen LogP contribution in [0.4, 0.5) is 0 Å². The van der Waals surface area contributed by atoms with Crippen LogP contribution < -0.4 is 5.56 Å². The van der Waals surface area contributed by atoms with Crippen LogP contribution in [0.2, 0.25) is 0 Å². The summed E-state index contributed by atoms with van der Waals surface area (Å²) >= 11 is 0. The number of aromatic amines is 1. The lowest BCUT2D eigenvalue weighted by Gasteiger charge is -2.08. The molecule has 0 atom stereocenters. The van der Waals surface area contributed by atoms with Crippen molar-refractivity contribution in [2.24, 2.45) is 0 Å². The summed E-state index contributed by atoms with van der Waals surface area (Å²) in [4.78, 5) is 18.6. The number of nitrogens with zero attached hydrogens (tertiary/aromatic N) is 3. The third-order valence-corrected chi connectivity index (χ3v) is 3.44. The molecule has 0 fully saturated rings.